The third kappa shape index (κ3) is 5.00. The lowest BCUT2D eigenvalue weighted by molar-refractivity contribution is 0.278. The maximum Gasteiger partial charge on any atom is 0.279 e. The average molecular weight is 336 g/mol. The number of hydrogen-bond donors (Lipinski definition) is 1. The van der Waals surface area contributed by atoms with Crippen molar-refractivity contribution in [3.63, 3.8) is 0 Å². The van der Waals surface area contributed by atoms with Crippen molar-refractivity contribution in [2.24, 2.45) is 5.92 Å². The molecular weight excluding hydrogens is 314 g/mol. The first-order valence-electron chi connectivity index (χ1n) is 6.85. The fourth-order valence-corrected chi connectivity index (χ4v) is 5.22. The van der Waals surface area contributed by atoms with E-state index >= 15 is 0 Å². The van der Waals surface area contributed by atoms with Gasteiger partial charge in [-0.1, -0.05) is 18.7 Å². The van der Waals surface area contributed by atoms with Crippen molar-refractivity contribution in [2.45, 2.75) is 30.5 Å². The van der Waals surface area contributed by atoms with Crippen molar-refractivity contribution in [2.75, 3.05) is 25.4 Å². The fraction of sp³-hybridized carbons (Fsp3) is 0.750. The molecular formula is C12H21N3O2S3. The number of thiazole rings is 1. The topological polar surface area (TPSA) is 62.3 Å². The summed E-state index contributed by atoms with van der Waals surface area (Å²) >= 11 is 3.29. The number of nitrogens with one attached hydrogen (secondary N) is 1. The molecule has 2 rings (SSSR count). The number of piperidine rings is 1. The van der Waals surface area contributed by atoms with Crippen molar-refractivity contribution in [3.05, 3.63) is 11.6 Å². The lowest BCUT2D eigenvalue weighted by atomic mass is 10.0. The van der Waals surface area contributed by atoms with Crippen LogP contribution < -0.4 is 4.72 Å². The summed E-state index contributed by atoms with van der Waals surface area (Å²) < 4.78 is 29.6. The number of rotatable bonds is 7. The van der Waals surface area contributed by atoms with Gasteiger partial charge in [0, 0.05) is 37.0 Å². The van der Waals surface area contributed by atoms with Crippen LogP contribution in [0.1, 0.15) is 26.2 Å². The monoisotopic (exact) mass is 335 g/mol. The molecule has 2 heterocycles. The van der Waals surface area contributed by atoms with Gasteiger partial charge in [-0.15, -0.1) is 11.3 Å². The Labute approximate surface area is 129 Å². The van der Waals surface area contributed by atoms with Gasteiger partial charge in [-0.2, -0.15) is 12.7 Å². The first kappa shape index (κ1) is 16.2. The quantitative estimate of drug-likeness (QED) is 0.613. The van der Waals surface area contributed by atoms with Gasteiger partial charge in [0.25, 0.3) is 10.2 Å². The highest BCUT2D eigenvalue weighted by atomic mass is 32.2. The van der Waals surface area contributed by atoms with E-state index in [-0.39, 0.29) is 0 Å². The first-order valence-corrected chi connectivity index (χ1v) is 10.2. The van der Waals surface area contributed by atoms with Crippen molar-refractivity contribution < 1.29 is 8.42 Å². The highest BCUT2D eigenvalue weighted by Gasteiger charge is 2.26. The van der Waals surface area contributed by atoms with Crippen LogP contribution in [0.2, 0.25) is 0 Å². The second-order valence-corrected chi connectivity index (χ2v) is 9.00. The van der Waals surface area contributed by atoms with E-state index in [1.165, 1.54) is 0 Å². The van der Waals surface area contributed by atoms with Crippen molar-refractivity contribution in [3.8, 4) is 0 Å². The van der Waals surface area contributed by atoms with Gasteiger partial charge < -0.3 is 0 Å². The standard InChI is InChI=1S/C12H21N3O2S3/c1-11-4-2-7-15(10-11)20(16,17)14-5-3-8-18-12-13-6-9-19-12/h6,9,11,14H,2-5,7-8,10H2,1H3/t11-/m1/s1. The zero-order chi connectivity index (χ0) is 14.4. The van der Waals surface area contributed by atoms with Crippen LogP contribution in [0.4, 0.5) is 0 Å². The molecule has 1 aliphatic heterocycles. The SMILES string of the molecule is C[C@@H]1CCCN(S(=O)(=O)NCCCSc2nccs2)C1. The fourth-order valence-electron chi connectivity index (χ4n) is 2.17. The van der Waals surface area contributed by atoms with E-state index < -0.39 is 10.2 Å². The van der Waals surface area contributed by atoms with E-state index in [0.29, 0.717) is 25.6 Å². The molecule has 114 valence electrons. The molecule has 0 saturated carbocycles. The lowest BCUT2D eigenvalue weighted by Gasteiger charge is -2.29. The Morgan fingerprint density at radius 3 is 3.15 bits per heavy atom. The predicted molar refractivity (Wildman–Crippen MR) is 84.3 cm³/mol. The molecule has 1 N–H and O–H groups in total. The van der Waals surface area contributed by atoms with Gasteiger partial charge in [0.15, 0.2) is 0 Å². The minimum atomic E-state index is -3.29. The third-order valence-electron chi connectivity index (χ3n) is 3.20. The maximum atomic E-state index is 12.1. The first-order chi connectivity index (χ1) is 9.58. The number of aromatic nitrogens is 1. The summed E-state index contributed by atoms with van der Waals surface area (Å²) in [4.78, 5) is 4.18. The molecule has 1 saturated heterocycles. The molecule has 0 radical (unpaired) electrons. The van der Waals surface area contributed by atoms with Crippen molar-refractivity contribution >= 4 is 33.3 Å². The lowest BCUT2D eigenvalue weighted by Crippen LogP contribution is -2.45. The molecule has 0 bridgehead atoms. The minimum Gasteiger partial charge on any atom is -0.238 e. The summed E-state index contributed by atoms with van der Waals surface area (Å²) in [5.41, 5.74) is 0. The largest absolute Gasteiger partial charge is 0.279 e. The molecule has 1 atom stereocenters. The van der Waals surface area contributed by atoms with Gasteiger partial charge in [-0.3, -0.25) is 0 Å². The highest BCUT2D eigenvalue weighted by Crippen LogP contribution is 2.21. The molecule has 0 amide bonds. The molecule has 8 heteroatoms. The minimum absolute atomic E-state index is 0.459. The Bertz CT molecular complexity index is 490. The van der Waals surface area contributed by atoms with Gasteiger partial charge in [0.1, 0.15) is 4.34 Å². The second-order valence-electron chi connectivity index (χ2n) is 5.00. The summed E-state index contributed by atoms with van der Waals surface area (Å²) in [5, 5.41) is 1.95. The van der Waals surface area contributed by atoms with E-state index in [1.807, 2.05) is 5.38 Å². The van der Waals surface area contributed by atoms with E-state index in [9.17, 15) is 8.42 Å². The van der Waals surface area contributed by atoms with E-state index in [0.717, 1.165) is 29.4 Å². The Balaban J connectivity index is 1.67. The van der Waals surface area contributed by atoms with Gasteiger partial charge >= 0.3 is 0 Å². The number of hydrogen-bond acceptors (Lipinski definition) is 5. The molecule has 0 aliphatic carbocycles. The van der Waals surface area contributed by atoms with Crippen LogP contribution in [0.15, 0.2) is 15.9 Å². The van der Waals surface area contributed by atoms with Crippen molar-refractivity contribution in [1.82, 2.24) is 14.0 Å². The predicted octanol–water partition coefficient (Wildman–Crippen LogP) is 2.19. The van der Waals surface area contributed by atoms with Gasteiger partial charge in [-0.25, -0.2) is 9.71 Å². The summed E-state index contributed by atoms with van der Waals surface area (Å²) in [5.74, 6) is 1.34. The molecule has 1 aromatic rings. The van der Waals surface area contributed by atoms with Crippen LogP contribution in [-0.2, 0) is 10.2 Å². The highest BCUT2D eigenvalue weighted by molar-refractivity contribution is 8.01. The summed E-state index contributed by atoms with van der Waals surface area (Å²) in [6, 6.07) is 0. The smallest absolute Gasteiger partial charge is 0.238 e. The molecule has 0 aromatic carbocycles. The van der Waals surface area contributed by atoms with Gasteiger partial charge in [0.05, 0.1) is 0 Å². The third-order valence-corrected chi connectivity index (χ3v) is 6.83. The van der Waals surface area contributed by atoms with Gasteiger partial charge in [-0.05, 0) is 25.2 Å². The van der Waals surface area contributed by atoms with E-state index in [4.69, 9.17) is 0 Å². The zero-order valence-corrected chi connectivity index (χ0v) is 14.1. The normalized spacial score (nSPS) is 21.1. The Kier molecular flexibility index (Phi) is 6.28. The van der Waals surface area contributed by atoms with Crippen LogP contribution >= 0.6 is 23.1 Å². The second kappa shape index (κ2) is 7.74. The van der Waals surface area contributed by atoms with E-state index in [1.54, 1.807) is 33.6 Å². The molecule has 20 heavy (non-hydrogen) atoms. The summed E-state index contributed by atoms with van der Waals surface area (Å²) in [6.45, 7) is 3.88. The molecule has 0 unspecified atom stereocenters. The Hall–Kier alpha value is -0.150. The Morgan fingerprint density at radius 1 is 1.60 bits per heavy atom. The van der Waals surface area contributed by atoms with Crippen LogP contribution in [0.5, 0.6) is 0 Å². The van der Waals surface area contributed by atoms with Crippen molar-refractivity contribution in [1.29, 1.82) is 0 Å². The van der Waals surface area contributed by atoms with Crippen LogP contribution in [0.3, 0.4) is 0 Å². The zero-order valence-electron chi connectivity index (χ0n) is 11.6. The molecule has 0 spiro atoms. The molecule has 5 nitrogen and oxygen atoms in total. The molecule has 1 aromatic heterocycles. The van der Waals surface area contributed by atoms with Crippen LogP contribution in [0.25, 0.3) is 0 Å². The van der Waals surface area contributed by atoms with Crippen LogP contribution in [0, 0.1) is 5.92 Å². The maximum absolute atomic E-state index is 12.1. The summed E-state index contributed by atoms with van der Waals surface area (Å²) in [7, 11) is -3.29. The Morgan fingerprint density at radius 2 is 2.45 bits per heavy atom. The van der Waals surface area contributed by atoms with Crippen LogP contribution in [-0.4, -0.2) is 43.1 Å². The van der Waals surface area contributed by atoms with Gasteiger partial charge in [0.2, 0.25) is 0 Å². The number of thioether (sulfide) groups is 1. The molecule has 1 aliphatic rings. The van der Waals surface area contributed by atoms with E-state index in [2.05, 4.69) is 16.6 Å². The summed E-state index contributed by atoms with van der Waals surface area (Å²) in [6.07, 6.45) is 4.68. The average Bonchev–Trinajstić information content (AvgIpc) is 2.91. The number of nitrogens with zero attached hydrogens (tertiary/aromatic N) is 2. The molecule has 1 fully saturated rings.